The van der Waals surface area contributed by atoms with E-state index in [4.69, 9.17) is 9.47 Å². The van der Waals surface area contributed by atoms with Gasteiger partial charge in [-0.3, -0.25) is 9.59 Å². The van der Waals surface area contributed by atoms with Gasteiger partial charge in [0.2, 0.25) is 5.91 Å². The molecule has 0 aromatic heterocycles. The molecule has 1 saturated heterocycles. The van der Waals surface area contributed by atoms with Gasteiger partial charge in [-0.25, -0.2) is 4.79 Å². The minimum absolute atomic E-state index is 0.0209. The number of benzene rings is 1. The number of amides is 2. The molecule has 25 heavy (non-hydrogen) atoms. The SMILES string of the molecule is CC(=O)N/C(=C/c1ccccc1)C(=O)OCC(=O)NC[C@H]1CCCO1. The Hall–Kier alpha value is -2.67. The van der Waals surface area contributed by atoms with Gasteiger partial charge in [-0.15, -0.1) is 0 Å². The fourth-order valence-electron chi connectivity index (χ4n) is 2.34. The molecule has 0 radical (unpaired) electrons. The molecule has 0 spiro atoms. The van der Waals surface area contributed by atoms with Gasteiger partial charge in [-0.2, -0.15) is 0 Å². The highest BCUT2D eigenvalue weighted by atomic mass is 16.5. The van der Waals surface area contributed by atoms with E-state index in [0.29, 0.717) is 13.2 Å². The van der Waals surface area contributed by atoms with Gasteiger partial charge in [0.1, 0.15) is 5.70 Å². The molecular weight excluding hydrogens is 324 g/mol. The van der Waals surface area contributed by atoms with E-state index in [1.54, 1.807) is 24.3 Å². The van der Waals surface area contributed by atoms with E-state index in [1.807, 2.05) is 6.07 Å². The van der Waals surface area contributed by atoms with Crippen molar-refractivity contribution >= 4 is 23.9 Å². The summed E-state index contributed by atoms with van der Waals surface area (Å²) in [7, 11) is 0. The summed E-state index contributed by atoms with van der Waals surface area (Å²) in [5, 5.41) is 5.09. The summed E-state index contributed by atoms with van der Waals surface area (Å²) in [6.07, 6.45) is 3.41. The lowest BCUT2D eigenvalue weighted by Gasteiger charge is -2.12. The maximum atomic E-state index is 12.1. The first kappa shape index (κ1) is 18.7. The number of ether oxygens (including phenoxy) is 2. The maximum absolute atomic E-state index is 12.1. The van der Waals surface area contributed by atoms with Gasteiger partial charge in [0.05, 0.1) is 6.10 Å². The Balaban J connectivity index is 1.87. The highest BCUT2D eigenvalue weighted by Gasteiger charge is 2.18. The van der Waals surface area contributed by atoms with E-state index in [0.717, 1.165) is 18.4 Å². The first-order valence-electron chi connectivity index (χ1n) is 8.14. The largest absolute Gasteiger partial charge is 0.451 e. The second kappa shape index (κ2) is 9.58. The number of carbonyl (C=O) groups excluding carboxylic acids is 3. The first-order valence-corrected chi connectivity index (χ1v) is 8.14. The van der Waals surface area contributed by atoms with Crippen molar-refractivity contribution in [3.8, 4) is 0 Å². The van der Waals surface area contributed by atoms with Gasteiger partial charge < -0.3 is 20.1 Å². The number of hydrogen-bond donors (Lipinski definition) is 2. The Morgan fingerprint density at radius 1 is 1.28 bits per heavy atom. The van der Waals surface area contributed by atoms with Crippen molar-refractivity contribution in [3.63, 3.8) is 0 Å². The maximum Gasteiger partial charge on any atom is 0.355 e. The summed E-state index contributed by atoms with van der Waals surface area (Å²) in [4.78, 5) is 35.2. The fraction of sp³-hybridized carbons (Fsp3) is 0.389. The molecule has 7 heteroatoms. The van der Waals surface area contributed by atoms with E-state index >= 15 is 0 Å². The third-order valence-corrected chi connectivity index (χ3v) is 3.53. The second-order valence-electron chi connectivity index (χ2n) is 5.67. The van der Waals surface area contributed by atoms with Crippen molar-refractivity contribution in [2.75, 3.05) is 19.8 Å². The minimum atomic E-state index is -0.772. The van der Waals surface area contributed by atoms with Crippen LogP contribution in [0.25, 0.3) is 6.08 Å². The van der Waals surface area contributed by atoms with E-state index < -0.39 is 24.4 Å². The van der Waals surface area contributed by atoms with Crippen LogP contribution in [-0.2, 0) is 23.9 Å². The molecule has 1 heterocycles. The molecule has 7 nitrogen and oxygen atoms in total. The number of esters is 1. The molecule has 134 valence electrons. The fourth-order valence-corrected chi connectivity index (χ4v) is 2.34. The Labute approximate surface area is 146 Å². The normalized spacial score (nSPS) is 17.0. The van der Waals surface area contributed by atoms with Crippen LogP contribution in [0.3, 0.4) is 0 Å². The number of hydrogen-bond acceptors (Lipinski definition) is 5. The molecule has 2 rings (SSSR count). The highest BCUT2D eigenvalue weighted by Crippen LogP contribution is 2.10. The molecule has 1 fully saturated rings. The number of nitrogens with one attached hydrogen (secondary N) is 2. The molecule has 1 atom stereocenters. The Morgan fingerprint density at radius 3 is 2.68 bits per heavy atom. The molecule has 1 aromatic rings. The molecular formula is C18H22N2O5. The van der Waals surface area contributed by atoms with Crippen LogP contribution in [0.2, 0.25) is 0 Å². The lowest BCUT2D eigenvalue weighted by molar-refractivity contribution is -0.145. The van der Waals surface area contributed by atoms with Crippen molar-refractivity contribution in [2.24, 2.45) is 0 Å². The van der Waals surface area contributed by atoms with Gasteiger partial charge in [0.15, 0.2) is 6.61 Å². The first-order chi connectivity index (χ1) is 12.0. The highest BCUT2D eigenvalue weighted by molar-refractivity contribution is 5.98. The molecule has 2 N–H and O–H groups in total. The monoisotopic (exact) mass is 346 g/mol. The van der Waals surface area contributed by atoms with Crippen molar-refractivity contribution in [3.05, 3.63) is 41.6 Å². The van der Waals surface area contributed by atoms with Gasteiger partial charge in [-0.1, -0.05) is 30.3 Å². The summed E-state index contributed by atoms with van der Waals surface area (Å²) < 4.78 is 10.4. The molecule has 0 aliphatic carbocycles. The second-order valence-corrected chi connectivity index (χ2v) is 5.67. The number of carbonyl (C=O) groups is 3. The van der Waals surface area contributed by atoms with Crippen molar-refractivity contribution in [2.45, 2.75) is 25.9 Å². The molecule has 1 aromatic carbocycles. The zero-order chi connectivity index (χ0) is 18.1. The predicted octanol–water partition coefficient (Wildman–Crippen LogP) is 1.00. The predicted molar refractivity (Wildman–Crippen MR) is 91.2 cm³/mol. The molecule has 0 unspecified atom stereocenters. The third kappa shape index (κ3) is 6.76. The summed E-state index contributed by atoms with van der Waals surface area (Å²) in [5.41, 5.74) is 0.705. The van der Waals surface area contributed by atoms with Crippen LogP contribution in [0.15, 0.2) is 36.0 Å². The van der Waals surface area contributed by atoms with E-state index in [1.165, 1.54) is 13.0 Å². The lowest BCUT2D eigenvalue weighted by Crippen LogP contribution is -2.35. The molecule has 1 aliphatic rings. The zero-order valence-electron chi connectivity index (χ0n) is 14.1. The minimum Gasteiger partial charge on any atom is -0.451 e. The van der Waals surface area contributed by atoms with E-state index in [9.17, 15) is 14.4 Å². The standard InChI is InChI=1S/C18H22N2O5/c1-13(21)20-16(10-14-6-3-2-4-7-14)18(23)25-12-17(22)19-11-15-8-5-9-24-15/h2-4,6-7,10,15H,5,8-9,11-12H2,1H3,(H,19,22)(H,20,21)/b16-10+/t15-/m1/s1. The summed E-state index contributed by atoms with van der Waals surface area (Å²) in [5.74, 6) is -1.58. The molecule has 2 amide bonds. The Bertz CT molecular complexity index is 636. The van der Waals surface area contributed by atoms with Crippen LogP contribution in [0.4, 0.5) is 0 Å². The van der Waals surface area contributed by atoms with Crippen molar-refractivity contribution < 1.29 is 23.9 Å². The van der Waals surface area contributed by atoms with Crippen LogP contribution in [0, 0.1) is 0 Å². The molecule has 0 bridgehead atoms. The summed E-state index contributed by atoms with van der Waals surface area (Å²) in [6.45, 7) is 1.98. The van der Waals surface area contributed by atoms with Crippen molar-refractivity contribution in [1.29, 1.82) is 0 Å². The quantitative estimate of drug-likeness (QED) is 0.567. The topological polar surface area (TPSA) is 93.7 Å². The average molecular weight is 346 g/mol. The van der Waals surface area contributed by atoms with E-state index in [-0.39, 0.29) is 11.8 Å². The van der Waals surface area contributed by atoms with Gasteiger partial charge in [0.25, 0.3) is 5.91 Å². The van der Waals surface area contributed by atoms with Crippen LogP contribution < -0.4 is 10.6 Å². The molecule has 0 saturated carbocycles. The lowest BCUT2D eigenvalue weighted by atomic mass is 10.2. The Morgan fingerprint density at radius 2 is 2.04 bits per heavy atom. The zero-order valence-corrected chi connectivity index (χ0v) is 14.1. The van der Waals surface area contributed by atoms with E-state index in [2.05, 4.69) is 10.6 Å². The average Bonchev–Trinajstić information content (AvgIpc) is 3.11. The van der Waals surface area contributed by atoms with Gasteiger partial charge in [-0.05, 0) is 24.5 Å². The van der Waals surface area contributed by atoms with Gasteiger partial charge >= 0.3 is 5.97 Å². The third-order valence-electron chi connectivity index (χ3n) is 3.53. The number of rotatable bonds is 7. The van der Waals surface area contributed by atoms with Gasteiger partial charge in [0, 0.05) is 20.1 Å². The van der Waals surface area contributed by atoms with Crippen LogP contribution in [0.5, 0.6) is 0 Å². The summed E-state index contributed by atoms with van der Waals surface area (Å²) in [6, 6.07) is 9.02. The Kier molecular flexibility index (Phi) is 7.16. The smallest absolute Gasteiger partial charge is 0.355 e. The molecule has 1 aliphatic heterocycles. The van der Waals surface area contributed by atoms with Crippen LogP contribution in [-0.4, -0.2) is 43.6 Å². The van der Waals surface area contributed by atoms with Crippen LogP contribution >= 0.6 is 0 Å². The summed E-state index contributed by atoms with van der Waals surface area (Å²) >= 11 is 0. The van der Waals surface area contributed by atoms with Crippen LogP contribution in [0.1, 0.15) is 25.3 Å². The van der Waals surface area contributed by atoms with Crippen molar-refractivity contribution in [1.82, 2.24) is 10.6 Å².